The molecule has 1 N–H and O–H groups in total. The third-order valence-electron chi connectivity index (χ3n) is 4.96. The Kier molecular flexibility index (Phi) is 5.07. The first-order chi connectivity index (χ1) is 14.0. The summed E-state index contributed by atoms with van der Waals surface area (Å²) in [7, 11) is -3.84. The van der Waals surface area contributed by atoms with Crippen LogP contribution in [0.3, 0.4) is 0 Å². The standard InChI is InChI=1S/C22H21N3O3S/c1-2-16-10-11-20-19(13-16)18-8-3-4-9-21(18)29(27,28)25(20)15-22(26)24-14-17-7-5-6-12-23-17/h3-13H,2,14-15H2,1H3,(H,24,26). The second-order valence-corrected chi connectivity index (χ2v) is 8.64. The monoisotopic (exact) mass is 407 g/mol. The van der Waals surface area contributed by atoms with Crippen molar-refractivity contribution in [3.05, 3.63) is 78.1 Å². The molecule has 0 saturated carbocycles. The highest BCUT2D eigenvalue weighted by molar-refractivity contribution is 7.93. The predicted molar refractivity (Wildman–Crippen MR) is 112 cm³/mol. The Morgan fingerprint density at radius 3 is 2.59 bits per heavy atom. The van der Waals surface area contributed by atoms with E-state index in [0.29, 0.717) is 16.9 Å². The van der Waals surface area contributed by atoms with Crippen LogP contribution in [0.1, 0.15) is 18.2 Å². The molecule has 1 aliphatic heterocycles. The lowest BCUT2D eigenvalue weighted by Gasteiger charge is -2.32. The van der Waals surface area contributed by atoms with Crippen LogP contribution in [0.2, 0.25) is 0 Å². The second kappa shape index (κ2) is 7.67. The summed E-state index contributed by atoms with van der Waals surface area (Å²) >= 11 is 0. The van der Waals surface area contributed by atoms with Crippen LogP contribution >= 0.6 is 0 Å². The summed E-state index contributed by atoms with van der Waals surface area (Å²) in [6.07, 6.45) is 2.49. The van der Waals surface area contributed by atoms with Crippen molar-refractivity contribution in [1.29, 1.82) is 0 Å². The normalized spacial score (nSPS) is 14.0. The fourth-order valence-corrected chi connectivity index (χ4v) is 5.10. The smallest absolute Gasteiger partial charge is 0.265 e. The van der Waals surface area contributed by atoms with Crippen molar-refractivity contribution in [2.24, 2.45) is 0 Å². The highest BCUT2D eigenvalue weighted by Gasteiger charge is 2.35. The Morgan fingerprint density at radius 1 is 1.03 bits per heavy atom. The molecule has 0 spiro atoms. The molecule has 1 aromatic heterocycles. The van der Waals surface area contributed by atoms with Crippen LogP contribution in [-0.2, 0) is 27.8 Å². The van der Waals surface area contributed by atoms with Gasteiger partial charge in [-0.2, -0.15) is 0 Å². The number of aromatic nitrogens is 1. The van der Waals surface area contributed by atoms with Gasteiger partial charge in [0.25, 0.3) is 10.0 Å². The van der Waals surface area contributed by atoms with Gasteiger partial charge in [0.15, 0.2) is 0 Å². The molecule has 0 bridgehead atoms. The van der Waals surface area contributed by atoms with Gasteiger partial charge in [0.2, 0.25) is 5.91 Å². The predicted octanol–water partition coefficient (Wildman–Crippen LogP) is 3.14. The molecule has 0 fully saturated rings. The largest absolute Gasteiger partial charge is 0.349 e. The molecule has 2 heterocycles. The SMILES string of the molecule is CCc1ccc2c(c1)-c1ccccc1S(=O)(=O)N2CC(=O)NCc1ccccn1. The number of benzene rings is 2. The number of carbonyl (C=O) groups excluding carboxylic acids is 1. The molecule has 0 aliphatic carbocycles. The van der Waals surface area contributed by atoms with Crippen molar-refractivity contribution < 1.29 is 13.2 Å². The topological polar surface area (TPSA) is 79.4 Å². The van der Waals surface area contributed by atoms with Crippen LogP contribution in [-0.4, -0.2) is 25.9 Å². The molecular weight excluding hydrogens is 386 g/mol. The average molecular weight is 407 g/mol. The molecule has 148 valence electrons. The Morgan fingerprint density at radius 2 is 1.83 bits per heavy atom. The highest BCUT2D eigenvalue weighted by Crippen LogP contribution is 2.43. The first-order valence-corrected chi connectivity index (χ1v) is 10.9. The number of hydrogen-bond acceptors (Lipinski definition) is 4. The number of anilines is 1. The lowest BCUT2D eigenvalue weighted by atomic mass is 9.99. The highest BCUT2D eigenvalue weighted by atomic mass is 32.2. The summed E-state index contributed by atoms with van der Waals surface area (Å²) in [6, 6.07) is 18.0. The van der Waals surface area contributed by atoms with Crippen LogP contribution in [0.5, 0.6) is 0 Å². The zero-order valence-corrected chi connectivity index (χ0v) is 16.8. The molecule has 0 atom stereocenters. The van der Waals surface area contributed by atoms with E-state index >= 15 is 0 Å². The molecule has 0 saturated heterocycles. The number of fused-ring (bicyclic) bond motifs is 3. The van der Waals surface area contributed by atoms with Gasteiger partial charge >= 0.3 is 0 Å². The minimum absolute atomic E-state index is 0.221. The summed E-state index contributed by atoms with van der Waals surface area (Å²) in [5, 5.41) is 2.75. The maximum Gasteiger partial charge on any atom is 0.265 e. The van der Waals surface area contributed by atoms with Gasteiger partial charge in [-0.3, -0.25) is 14.1 Å². The summed E-state index contributed by atoms with van der Waals surface area (Å²) in [5.41, 5.74) is 3.84. The molecular formula is C22H21N3O3S. The number of nitrogens with zero attached hydrogens (tertiary/aromatic N) is 2. The van der Waals surface area contributed by atoms with Crippen molar-refractivity contribution >= 4 is 21.6 Å². The van der Waals surface area contributed by atoms with Gasteiger partial charge in [0.1, 0.15) is 6.54 Å². The van der Waals surface area contributed by atoms with Crippen molar-refractivity contribution in [2.45, 2.75) is 24.8 Å². The van der Waals surface area contributed by atoms with E-state index in [-0.39, 0.29) is 23.9 Å². The van der Waals surface area contributed by atoms with Crippen molar-refractivity contribution in [1.82, 2.24) is 10.3 Å². The third kappa shape index (κ3) is 3.61. The Balaban J connectivity index is 1.67. The third-order valence-corrected chi connectivity index (χ3v) is 6.78. The van der Waals surface area contributed by atoms with E-state index in [1.807, 2.05) is 30.3 Å². The quantitative estimate of drug-likeness (QED) is 0.705. The summed E-state index contributed by atoms with van der Waals surface area (Å²) in [4.78, 5) is 17.0. The van der Waals surface area contributed by atoms with Crippen molar-refractivity contribution in [3.63, 3.8) is 0 Å². The number of carbonyl (C=O) groups is 1. The number of pyridine rings is 1. The van der Waals surface area contributed by atoms with Crippen LogP contribution in [0, 0.1) is 0 Å². The van der Waals surface area contributed by atoms with Crippen LogP contribution in [0.25, 0.3) is 11.1 Å². The maximum absolute atomic E-state index is 13.3. The second-order valence-electron chi connectivity index (χ2n) is 6.81. The fraction of sp³-hybridized carbons (Fsp3) is 0.182. The van der Waals surface area contributed by atoms with Gasteiger partial charge < -0.3 is 5.32 Å². The Bertz CT molecular complexity index is 1160. The van der Waals surface area contributed by atoms with Crippen LogP contribution in [0.15, 0.2) is 71.8 Å². The van der Waals surface area contributed by atoms with Gasteiger partial charge in [-0.1, -0.05) is 37.3 Å². The van der Waals surface area contributed by atoms with Crippen molar-refractivity contribution in [2.75, 3.05) is 10.8 Å². The van der Waals surface area contributed by atoms with E-state index in [0.717, 1.165) is 17.5 Å². The molecule has 4 rings (SSSR count). The van der Waals surface area contributed by atoms with E-state index in [9.17, 15) is 13.2 Å². The molecule has 1 amide bonds. The minimum atomic E-state index is -3.84. The van der Waals surface area contributed by atoms with Crippen LogP contribution < -0.4 is 9.62 Å². The molecule has 0 unspecified atom stereocenters. The fourth-order valence-electron chi connectivity index (χ4n) is 3.45. The molecule has 3 aromatic rings. The molecule has 7 heteroatoms. The van der Waals surface area contributed by atoms with Crippen molar-refractivity contribution in [3.8, 4) is 11.1 Å². The summed E-state index contributed by atoms with van der Waals surface area (Å²) in [6.45, 7) is 2.00. The molecule has 2 aromatic carbocycles. The minimum Gasteiger partial charge on any atom is -0.349 e. The van der Waals surface area contributed by atoms with Gasteiger partial charge in [0.05, 0.1) is 22.8 Å². The summed E-state index contributed by atoms with van der Waals surface area (Å²) < 4.78 is 27.7. The number of sulfonamides is 1. The van der Waals surface area contributed by atoms with E-state index in [1.54, 1.807) is 36.5 Å². The number of rotatable bonds is 5. The molecule has 6 nitrogen and oxygen atoms in total. The first-order valence-electron chi connectivity index (χ1n) is 9.42. The Labute approximate surface area is 170 Å². The van der Waals surface area contributed by atoms with E-state index < -0.39 is 10.0 Å². The van der Waals surface area contributed by atoms with E-state index in [4.69, 9.17) is 0 Å². The average Bonchev–Trinajstić information content (AvgIpc) is 2.75. The van der Waals surface area contributed by atoms with Gasteiger partial charge in [0, 0.05) is 17.3 Å². The maximum atomic E-state index is 13.3. The summed E-state index contributed by atoms with van der Waals surface area (Å²) in [5.74, 6) is -0.385. The number of nitrogens with one attached hydrogen (secondary N) is 1. The molecule has 29 heavy (non-hydrogen) atoms. The lowest BCUT2D eigenvalue weighted by Crippen LogP contribution is -2.42. The van der Waals surface area contributed by atoms with Gasteiger partial charge in [-0.15, -0.1) is 0 Å². The molecule has 1 aliphatic rings. The zero-order valence-electron chi connectivity index (χ0n) is 16.0. The number of amides is 1. The first kappa shape index (κ1) is 19.1. The number of hydrogen-bond donors (Lipinski definition) is 1. The van der Waals surface area contributed by atoms with Crippen LogP contribution in [0.4, 0.5) is 5.69 Å². The lowest BCUT2D eigenvalue weighted by molar-refractivity contribution is -0.119. The Hall–Kier alpha value is -3.19. The number of aryl methyl sites for hydroxylation is 1. The van der Waals surface area contributed by atoms with E-state index in [1.165, 1.54) is 4.31 Å². The van der Waals surface area contributed by atoms with Gasteiger partial charge in [-0.25, -0.2) is 8.42 Å². The zero-order chi connectivity index (χ0) is 20.4. The molecule has 0 radical (unpaired) electrons. The van der Waals surface area contributed by atoms with Gasteiger partial charge in [-0.05, 0) is 42.3 Å². The van der Waals surface area contributed by atoms with E-state index in [2.05, 4.69) is 17.2 Å².